The van der Waals surface area contributed by atoms with E-state index in [9.17, 15) is 5.11 Å². The lowest BCUT2D eigenvalue weighted by Crippen LogP contribution is -1.83. The summed E-state index contributed by atoms with van der Waals surface area (Å²) in [7, 11) is 0. The maximum absolute atomic E-state index is 9.32. The molecule has 0 spiro atoms. The molecule has 0 aliphatic rings. The first-order chi connectivity index (χ1) is 8.74. The molecule has 0 bridgehead atoms. The number of benzene rings is 1. The van der Waals surface area contributed by atoms with Crippen molar-refractivity contribution in [3.8, 4) is 28.9 Å². The van der Waals surface area contributed by atoms with Crippen LogP contribution < -0.4 is 0 Å². The van der Waals surface area contributed by atoms with Crippen molar-refractivity contribution in [2.45, 2.75) is 0 Å². The number of aromatic nitrogens is 5. The fourth-order valence-electron chi connectivity index (χ4n) is 1.39. The zero-order valence-corrected chi connectivity index (χ0v) is 9.59. The minimum Gasteiger partial charge on any atom is -0.506 e. The van der Waals surface area contributed by atoms with Crippen LogP contribution in [0.5, 0.6) is 5.75 Å². The Balaban J connectivity index is 2.00. The number of hydrogen-bond donors (Lipinski definition) is 2. The Kier molecular flexibility index (Phi) is 2.45. The highest BCUT2D eigenvalue weighted by molar-refractivity contribution is 6.32. The number of aromatic hydroxyl groups is 1. The summed E-state index contributed by atoms with van der Waals surface area (Å²) in [6.07, 6.45) is 1.35. The highest BCUT2D eigenvalue weighted by Crippen LogP contribution is 2.29. The van der Waals surface area contributed by atoms with Crippen LogP contribution in [0.4, 0.5) is 0 Å². The second-order valence-corrected chi connectivity index (χ2v) is 3.83. The summed E-state index contributed by atoms with van der Waals surface area (Å²) in [5, 5.41) is 19.6. The molecule has 1 aromatic carbocycles. The molecule has 2 heterocycles. The predicted molar refractivity (Wildman–Crippen MR) is 61.8 cm³/mol. The zero-order valence-electron chi connectivity index (χ0n) is 8.83. The smallest absolute Gasteiger partial charge is 0.258 e. The monoisotopic (exact) mass is 263 g/mol. The molecule has 0 aliphatic carbocycles. The van der Waals surface area contributed by atoms with Gasteiger partial charge in [0.1, 0.15) is 12.1 Å². The summed E-state index contributed by atoms with van der Waals surface area (Å²) in [6.45, 7) is 0. The summed E-state index contributed by atoms with van der Waals surface area (Å²) in [6, 6.07) is 4.61. The van der Waals surface area contributed by atoms with Crippen LogP contribution in [0.25, 0.3) is 23.1 Å². The van der Waals surface area contributed by atoms with Crippen molar-refractivity contribution < 1.29 is 9.63 Å². The van der Waals surface area contributed by atoms with Gasteiger partial charge >= 0.3 is 0 Å². The molecule has 7 nitrogen and oxygen atoms in total. The Morgan fingerprint density at radius 2 is 2.22 bits per heavy atom. The first-order valence-electron chi connectivity index (χ1n) is 4.92. The molecule has 90 valence electrons. The van der Waals surface area contributed by atoms with Crippen molar-refractivity contribution in [2.75, 3.05) is 0 Å². The highest BCUT2D eigenvalue weighted by atomic mass is 35.5. The summed E-state index contributed by atoms with van der Waals surface area (Å²) in [5.41, 5.74) is 0.607. The van der Waals surface area contributed by atoms with Crippen molar-refractivity contribution in [1.29, 1.82) is 0 Å². The number of phenols is 1. The van der Waals surface area contributed by atoms with Crippen molar-refractivity contribution in [2.24, 2.45) is 0 Å². The van der Waals surface area contributed by atoms with Gasteiger partial charge in [-0.3, -0.25) is 5.10 Å². The van der Waals surface area contributed by atoms with Crippen LogP contribution in [0.3, 0.4) is 0 Å². The van der Waals surface area contributed by atoms with Gasteiger partial charge < -0.3 is 9.63 Å². The van der Waals surface area contributed by atoms with Gasteiger partial charge in [-0.1, -0.05) is 16.8 Å². The summed E-state index contributed by atoms with van der Waals surface area (Å²) in [5.74, 6) is 0.986. The summed E-state index contributed by atoms with van der Waals surface area (Å²) >= 11 is 5.80. The van der Waals surface area contributed by atoms with Gasteiger partial charge in [-0.15, -0.1) is 0 Å². The average Bonchev–Trinajstić information content (AvgIpc) is 3.01. The Labute approximate surface area is 105 Å². The second-order valence-electron chi connectivity index (χ2n) is 3.42. The highest BCUT2D eigenvalue weighted by Gasteiger charge is 2.13. The average molecular weight is 264 g/mol. The maximum Gasteiger partial charge on any atom is 0.258 e. The van der Waals surface area contributed by atoms with Gasteiger partial charge in [0, 0.05) is 5.56 Å². The number of hydrogen-bond acceptors (Lipinski definition) is 6. The van der Waals surface area contributed by atoms with Crippen molar-refractivity contribution in [1.82, 2.24) is 25.3 Å². The predicted octanol–water partition coefficient (Wildman–Crippen LogP) is 1.88. The van der Waals surface area contributed by atoms with E-state index in [2.05, 4.69) is 25.3 Å². The summed E-state index contributed by atoms with van der Waals surface area (Å²) in [4.78, 5) is 8.05. The first-order valence-corrected chi connectivity index (χ1v) is 5.30. The van der Waals surface area contributed by atoms with E-state index in [1.54, 1.807) is 6.07 Å². The molecule has 0 unspecified atom stereocenters. The Hall–Kier alpha value is -2.41. The van der Waals surface area contributed by atoms with E-state index in [-0.39, 0.29) is 16.7 Å². The molecular formula is C10H6ClN5O2. The van der Waals surface area contributed by atoms with Gasteiger partial charge in [-0.25, -0.2) is 4.98 Å². The first kappa shape index (κ1) is 10.7. The van der Waals surface area contributed by atoms with Gasteiger partial charge in [0.25, 0.3) is 5.89 Å². The molecule has 2 aromatic heterocycles. The fourth-order valence-corrected chi connectivity index (χ4v) is 1.57. The second kappa shape index (κ2) is 4.11. The largest absolute Gasteiger partial charge is 0.506 e. The third-order valence-electron chi connectivity index (χ3n) is 2.25. The molecule has 0 saturated heterocycles. The number of H-pyrrole nitrogens is 1. The van der Waals surface area contributed by atoms with Crippen molar-refractivity contribution in [3.05, 3.63) is 29.5 Å². The lowest BCUT2D eigenvalue weighted by Gasteiger charge is -1.97. The number of aromatic amines is 1. The summed E-state index contributed by atoms with van der Waals surface area (Å²) < 4.78 is 5.08. The van der Waals surface area contributed by atoms with Gasteiger partial charge in [0.05, 0.1) is 5.02 Å². The van der Waals surface area contributed by atoms with Crippen LogP contribution in [-0.4, -0.2) is 30.4 Å². The normalized spacial score (nSPS) is 10.7. The number of rotatable bonds is 2. The lowest BCUT2D eigenvalue weighted by atomic mass is 10.2. The number of nitrogens with one attached hydrogen (secondary N) is 1. The number of phenolic OH excluding ortho intramolecular Hbond substituents is 1. The third-order valence-corrected chi connectivity index (χ3v) is 2.55. The van der Waals surface area contributed by atoms with Gasteiger partial charge in [0.15, 0.2) is 5.82 Å². The Bertz CT molecular complexity index is 679. The van der Waals surface area contributed by atoms with E-state index in [0.29, 0.717) is 17.2 Å². The van der Waals surface area contributed by atoms with Crippen LogP contribution in [0, 0.1) is 0 Å². The van der Waals surface area contributed by atoms with Gasteiger partial charge in [-0.05, 0) is 18.2 Å². The molecular weight excluding hydrogens is 258 g/mol. The van der Waals surface area contributed by atoms with Crippen LogP contribution >= 0.6 is 11.6 Å². The van der Waals surface area contributed by atoms with E-state index in [1.165, 1.54) is 18.5 Å². The van der Waals surface area contributed by atoms with Crippen LogP contribution in [0.1, 0.15) is 0 Å². The molecule has 0 saturated carbocycles. The molecule has 18 heavy (non-hydrogen) atoms. The molecule has 3 aromatic rings. The topological polar surface area (TPSA) is 101 Å². The lowest BCUT2D eigenvalue weighted by molar-refractivity contribution is 0.431. The van der Waals surface area contributed by atoms with E-state index >= 15 is 0 Å². The van der Waals surface area contributed by atoms with E-state index in [4.69, 9.17) is 16.1 Å². The van der Waals surface area contributed by atoms with Crippen molar-refractivity contribution in [3.63, 3.8) is 0 Å². The molecule has 2 N–H and O–H groups in total. The molecule has 0 amide bonds. The minimum absolute atomic E-state index is 0.00427. The minimum atomic E-state index is -0.00427. The Morgan fingerprint density at radius 1 is 1.33 bits per heavy atom. The zero-order chi connectivity index (χ0) is 12.5. The van der Waals surface area contributed by atoms with Crippen LogP contribution in [0.15, 0.2) is 29.0 Å². The standard InChI is InChI=1S/C10H6ClN5O2/c11-6-3-5(1-2-7(6)17)10-14-9(16-18-10)8-12-4-13-15-8/h1-4,17H,(H,12,13,15). The Morgan fingerprint density at radius 3 is 2.94 bits per heavy atom. The molecule has 0 fully saturated rings. The number of nitrogens with zero attached hydrogens (tertiary/aromatic N) is 4. The molecule has 8 heteroatoms. The third kappa shape index (κ3) is 1.80. The molecule has 0 radical (unpaired) electrons. The van der Waals surface area contributed by atoms with Crippen LogP contribution in [0.2, 0.25) is 5.02 Å². The van der Waals surface area contributed by atoms with Crippen LogP contribution in [-0.2, 0) is 0 Å². The van der Waals surface area contributed by atoms with E-state index < -0.39 is 0 Å². The maximum atomic E-state index is 9.32. The van der Waals surface area contributed by atoms with Gasteiger partial charge in [-0.2, -0.15) is 10.1 Å². The molecule has 3 rings (SSSR count). The van der Waals surface area contributed by atoms with E-state index in [1.807, 2.05) is 0 Å². The SMILES string of the molecule is Oc1ccc(-c2nc(-c3ncn[nH]3)no2)cc1Cl. The molecule has 0 atom stereocenters. The quantitative estimate of drug-likeness (QED) is 0.732. The molecule has 0 aliphatic heterocycles. The van der Waals surface area contributed by atoms with E-state index in [0.717, 1.165) is 0 Å². The van der Waals surface area contributed by atoms with Crippen molar-refractivity contribution >= 4 is 11.6 Å². The van der Waals surface area contributed by atoms with Gasteiger partial charge in [0.2, 0.25) is 5.82 Å². The fraction of sp³-hybridized carbons (Fsp3) is 0. The number of halogens is 1.